The summed E-state index contributed by atoms with van der Waals surface area (Å²) in [6.07, 6.45) is 5.59. The molecule has 6 nitrogen and oxygen atoms in total. The van der Waals surface area contributed by atoms with Gasteiger partial charge in [0, 0.05) is 10.5 Å². The van der Waals surface area contributed by atoms with E-state index in [1.54, 1.807) is 48.5 Å². The van der Waals surface area contributed by atoms with Gasteiger partial charge >= 0.3 is 0 Å². The molecule has 2 aromatic carbocycles. The molecule has 2 aromatic rings. The van der Waals surface area contributed by atoms with Gasteiger partial charge in [0.2, 0.25) is 5.54 Å². The van der Waals surface area contributed by atoms with Crippen molar-refractivity contribution in [3.8, 4) is 18.1 Å². The Morgan fingerprint density at radius 3 is 2.32 bits per heavy atom. The van der Waals surface area contributed by atoms with E-state index in [1.165, 1.54) is 0 Å². The molecule has 0 saturated carbocycles. The van der Waals surface area contributed by atoms with E-state index in [0.717, 1.165) is 0 Å². The molecule has 0 aromatic heterocycles. The molecular formula is C16H12N4O2. The lowest BCUT2D eigenvalue weighted by Gasteiger charge is -2.21. The third kappa shape index (κ3) is 2.90. The van der Waals surface area contributed by atoms with Crippen molar-refractivity contribution in [2.45, 2.75) is 5.54 Å². The molecule has 22 heavy (non-hydrogen) atoms. The van der Waals surface area contributed by atoms with Crippen molar-refractivity contribution in [3.63, 3.8) is 0 Å². The Kier molecular flexibility index (Phi) is 4.76. The predicted octanol–water partition coefficient (Wildman–Crippen LogP) is 3.98. The van der Waals surface area contributed by atoms with Gasteiger partial charge < -0.3 is 4.74 Å². The van der Waals surface area contributed by atoms with Crippen molar-refractivity contribution in [1.29, 1.82) is 0 Å². The van der Waals surface area contributed by atoms with Gasteiger partial charge in [-0.15, -0.1) is 11.3 Å². The molecule has 0 amide bonds. The van der Waals surface area contributed by atoms with Crippen LogP contribution in [-0.4, -0.2) is 6.73 Å². The van der Waals surface area contributed by atoms with Gasteiger partial charge in [-0.3, -0.25) is 0 Å². The highest BCUT2D eigenvalue weighted by atomic mass is 16.5. The molecule has 1 atom stereocenters. The fourth-order valence-corrected chi connectivity index (χ4v) is 2.07. The van der Waals surface area contributed by atoms with Crippen LogP contribution in [0.5, 0.6) is 5.75 Å². The summed E-state index contributed by atoms with van der Waals surface area (Å²) >= 11 is 0. The van der Waals surface area contributed by atoms with E-state index in [4.69, 9.17) is 16.7 Å². The van der Waals surface area contributed by atoms with Crippen LogP contribution in [0.15, 0.2) is 64.9 Å². The third-order valence-corrected chi connectivity index (χ3v) is 3.16. The SMILES string of the molecule is C#CC(N=O)(c1ccccc1)c1ccc(OCN=[N+]=[N-])cc1. The number of nitroso groups, excluding NO2 is 1. The van der Waals surface area contributed by atoms with Crippen molar-refractivity contribution in [2.24, 2.45) is 10.3 Å². The molecule has 0 heterocycles. The summed E-state index contributed by atoms with van der Waals surface area (Å²) in [6.45, 7) is -0.110. The Bertz CT molecular complexity index is 731. The zero-order valence-electron chi connectivity index (χ0n) is 11.6. The van der Waals surface area contributed by atoms with E-state index < -0.39 is 5.54 Å². The molecule has 108 valence electrons. The molecule has 6 heteroatoms. The van der Waals surface area contributed by atoms with Gasteiger partial charge in [-0.2, -0.15) is 0 Å². The molecule has 0 aliphatic carbocycles. The van der Waals surface area contributed by atoms with Crippen molar-refractivity contribution in [3.05, 3.63) is 81.1 Å². The summed E-state index contributed by atoms with van der Waals surface area (Å²) in [5.74, 6) is 2.98. The number of azide groups is 1. The lowest BCUT2D eigenvalue weighted by atomic mass is 9.84. The summed E-state index contributed by atoms with van der Waals surface area (Å²) in [5, 5.41) is 6.47. The van der Waals surface area contributed by atoms with Crippen molar-refractivity contribution in [2.75, 3.05) is 6.73 Å². The minimum Gasteiger partial charge on any atom is -0.488 e. The number of benzene rings is 2. The number of hydrogen-bond donors (Lipinski definition) is 0. The quantitative estimate of drug-likeness (QED) is 0.265. The number of nitrogens with zero attached hydrogens (tertiary/aromatic N) is 4. The van der Waals surface area contributed by atoms with Crippen LogP contribution in [0.2, 0.25) is 0 Å². The van der Waals surface area contributed by atoms with Gasteiger partial charge in [-0.05, 0) is 28.4 Å². The van der Waals surface area contributed by atoms with E-state index in [9.17, 15) is 4.91 Å². The van der Waals surface area contributed by atoms with E-state index >= 15 is 0 Å². The number of hydrogen-bond acceptors (Lipinski definition) is 4. The molecule has 0 aliphatic heterocycles. The summed E-state index contributed by atoms with van der Waals surface area (Å²) < 4.78 is 5.21. The highest BCUT2D eigenvalue weighted by molar-refractivity contribution is 5.47. The molecule has 0 N–H and O–H groups in total. The van der Waals surface area contributed by atoms with Crippen LogP contribution in [0.4, 0.5) is 0 Å². The lowest BCUT2D eigenvalue weighted by Crippen LogP contribution is -2.22. The molecule has 1 unspecified atom stereocenters. The second-order valence-corrected chi connectivity index (χ2v) is 4.34. The topological polar surface area (TPSA) is 87.4 Å². The zero-order valence-corrected chi connectivity index (χ0v) is 11.6. The smallest absolute Gasteiger partial charge is 0.212 e. The van der Waals surface area contributed by atoms with E-state index in [0.29, 0.717) is 16.9 Å². The number of ether oxygens (including phenoxy) is 1. The average Bonchev–Trinajstić information content (AvgIpc) is 2.59. The van der Waals surface area contributed by atoms with Gasteiger partial charge in [0.1, 0.15) is 5.75 Å². The molecular weight excluding hydrogens is 280 g/mol. The van der Waals surface area contributed by atoms with Crippen molar-refractivity contribution >= 4 is 0 Å². The summed E-state index contributed by atoms with van der Waals surface area (Å²) in [6, 6.07) is 15.6. The maximum absolute atomic E-state index is 11.5. The summed E-state index contributed by atoms with van der Waals surface area (Å²) in [7, 11) is 0. The van der Waals surface area contributed by atoms with Crippen LogP contribution in [0.1, 0.15) is 11.1 Å². The normalized spacial score (nSPS) is 12.3. The Balaban J connectivity index is 2.36. The van der Waals surface area contributed by atoms with Crippen LogP contribution in [0, 0.1) is 17.3 Å². The van der Waals surface area contributed by atoms with E-state index in [2.05, 4.69) is 21.1 Å². The maximum Gasteiger partial charge on any atom is 0.212 e. The summed E-state index contributed by atoms with van der Waals surface area (Å²) in [5.41, 5.74) is 7.99. The third-order valence-electron chi connectivity index (χ3n) is 3.16. The summed E-state index contributed by atoms with van der Waals surface area (Å²) in [4.78, 5) is 14.1. The minimum atomic E-state index is -1.38. The van der Waals surface area contributed by atoms with Gasteiger partial charge in [0.25, 0.3) is 0 Å². The predicted molar refractivity (Wildman–Crippen MR) is 82.9 cm³/mol. The van der Waals surface area contributed by atoms with Crippen LogP contribution in [0.3, 0.4) is 0 Å². The molecule has 0 fully saturated rings. The van der Waals surface area contributed by atoms with Crippen LogP contribution in [0.25, 0.3) is 10.4 Å². The second kappa shape index (κ2) is 6.93. The first kappa shape index (κ1) is 15.1. The number of rotatable bonds is 6. The van der Waals surface area contributed by atoms with E-state index in [-0.39, 0.29) is 6.73 Å². The fourth-order valence-electron chi connectivity index (χ4n) is 2.07. The zero-order chi connectivity index (χ0) is 15.8. The minimum absolute atomic E-state index is 0.110. The van der Waals surface area contributed by atoms with Gasteiger partial charge in [0.05, 0.1) is 0 Å². The monoisotopic (exact) mass is 292 g/mol. The van der Waals surface area contributed by atoms with Gasteiger partial charge in [-0.25, -0.2) is 0 Å². The molecule has 0 spiro atoms. The highest BCUT2D eigenvalue weighted by Gasteiger charge is 2.33. The molecule has 2 rings (SSSR count). The van der Waals surface area contributed by atoms with Crippen molar-refractivity contribution < 1.29 is 4.74 Å². The van der Waals surface area contributed by atoms with Crippen LogP contribution in [-0.2, 0) is 5.54 Å². The van der Waals surface area contributed by atoms with Crippen LogP contribution < -0.4 is 4.74 Å². The Hall–Kier alpha value is -3.29. The van der Waals surface area contributed by atoms with Gasteiger partial charge in [0.15, 0.2) is 6.73 Å². The van der Waals surface area contributed by atoms with Crippen molar-refractivity contribution in [1.82, 2.24) is 0 Å². The Morgan fingerprint density at radius 2 is 1.77 bits per heavy atom. The lowest BCUT2D eigenvalue weighted by molar-refractivity contribution is 0.329. The van der Waals surface area contributed by atoms with E-state index in [1.807, 2.05) is 6.07 Å². The standard InChI is InChI=1S/C16H12N4O2/c1-2-16(19-21,13-6-4-3-5-7-13)14-8-10-15(11-9-14)22-12-18-20-17/h1,3-11H,12H2. The first-order valence-electron chi connectivity index (χ1n) is 6.39. The molecule has 0 aliphatic rings. The molecule has 0 radical (unpaired) electrons. The maximum atomic E-state index is 11.5. The number of terminal acetylenes is 1. The second-order valence-electron chi connectivity index (χ2n) is 4.34. The highest BCUT2D eigenvalue weighted by Crippen LogP contribution is 2.33. The molecule has 0 saturated heterocycles. The van der Waals surface area contributed by atoms with Crippen LogP contribution >= 0.6 is 0 Å². The first-order valence-corrected chi connectivity index (χ1v) is 6.39. The average molecular weight is 292 g/mol. The Morgan fingerprint density at radius 1 is 1.14 bits per heavy atom. The fraction of sp³-hybridized carbons (Fsp3) is 0.125. The first-order chi connectivity index (χ1) is 10.8. The molecule has 0 bridgehead atoms. The largest absolute Gasteiger partial charge is 0.488 e. The van der Waals surface area contributed by atoms with Gasteiger partial charge in [-0.1, -0.05) is 53.5 Å². The Labute approximate surface area is 127 Å².